The van der Waals surface area contributed by atoms with E-state index in [1.165, 1.54) is 6.42 Å². The van der Waals surface area contributed by atoms with Gasteiger partial charge in [0.1, 0.15) is 0 Å². The zero-order valence-corrected chi connectivity index (χ0v) is 11.1. The third-order valence-electron chi connectivity index (χ3n) is 5.13. The predicted molar refractivity (Wildman–Crippen MR) is 71.2 cm³/mol. The Kier molecular flexibility index (Phi) is 2.05. The molecule has 1 heterocycles. The molecule has 3 aliphatic rings. The number of hydrogen-bond acceptors (Lipinski definition) is 2. The molecular weight excluding hydrogens is 238 g/mol. The van der Waals surface area contributed by atoms with Gasteiger partial charge in [0.2, 0.25) is 0 Å². The van der Waals surface area contributed by atoms with Gasteiger partial charge in [-0.1, -0.05) is 19.1 Å². The van der Waals surface area contributed by atoms with E-state index in [4.69, 9.17) is 0 Å². The van der Waals surface area contributed by atoms with Crippen LogP contribution in [0.4, 0.5) is 0 Å². The highest BCUT2D eigenvalue weighted by molar-refractivity contribution is 6.05. The van der Waals surface area contributed by atoms with Crippen molar-refractivity contribution in [2.45, 2.75) is 26.2 Å². The van der Waals surface area contributed by atoms with E-state index in [1.807, 2.05) is 23.1 Å². The SMILES string of the molecule is CC12CC1CN(C(=O)c1cccc3c1CCC3=O)C2. The molecule has 3 nitrogen and oxygen atoms in total. The first-order chi connectivity index (χ1) is 9.08. The molecule has 0 N–H and O–H groups in total. The average molecular weight is 255 g/mol. The zero-order valence-electron chi connectivity index (χ0n) is 11.1. The fourth-order valence-corrected chi connectivity index (χ4v) is 3.77. The molecule has 2 aliphatic carbocycles. The van der Waals surface area contributed by atoms with E-state index >= 15 is 0 Å². The number of benzene rings is 1. The second kappa shape index (κ2) is 3.47. The first kappa shape index (κ1) is 11.2. The molecule has 0 bridgehead atoms. The van der Waals surface area contributed by atoms with Gasteiger partial charge in [-0.2, -0.15) is 0 Å². The van der Waals surface area contributed by atoms with Crippen molar-refractivity contribution in [3.05, 3.63) is 34.9 Å². The zero-order chi connectivity index (χ0) is 13.2. The van der Waals surface area contributed by atoms with Gasteiger partial charge in [0.25, 0.3) is 5.91 Å². The van der Waals surface area contributed by atoms with E-state index in [0.717, 1.165) is 36.2 Å². The quantitative estimate of drug-likeness (QED) is 0.772. The molecular formula is C16H17NO2. The molecule has 19 heavy (non-hydrogen) atoms. The van der Waals surface area contributed by atoms with Gasteiger partial charge in [0, 0.05) is 30.6 Å². The summed E-state index contributed by atoms with van der Waals surface area (Å²) >= 11 is 0. The molecule has 0 radical (unpaired) electrons. The summed E-state index contributed by atoms with van der Waals surface area (Å²) in [6.07, 6.45) is 2.55. The fraction of sp³-hybridized carbons (Fsp3) is 0.500. The molecule has 2 atom stereocenters. The van der Waals surface area contributed by atoms with Crippen molar-refractivity contribution >= 4 is 11.7 Å². The lowest BCUT2D eigenvalue weighted by atomic mass is 10.0. The molecule has 1 aromatic carbocycles. The van der Waals surface area contributed by atoms with Gasteiger partial charge in [0.15, 0.2) is 5.78 Å². The Balaban J connectivity index is 1.67. The minimum atomic E-state index is 0.125. The van der Waals surface area contributed by atoms with E-state index in [9.17, 15) is 9.59 Å². The van der Waals surface area contributed by atoms with Gasteiger partial charge < -0.3 is 4.90 Å². The van der Waals surface area contributed by atoms with E-state index in [-0.39, 0.29) is 11.7 Å². The summed E-state index contributed by atoms with van der Waals surface area (Å²) in [6.45, 7) is 4.05. The van der Waals surface area contributed by atoms with E-state index in [2.05, 4.69) is 6.92 Å². The Bertz CT molecular complexity index is 607. The third-order valence-corrected chi connectivity index (χ3v) is 5.13. The van der Waals surface area contributed by atoms with Crippen LogP contribution in [0.5, 0.6) is 0 Å². The number of rotatable bonds is 1. The Morgan fingerprint density at radius 1 is 1.37 bits per heavy atom. The van der Waals surface area contributed by atoms with Crippen LogP contribution in [0.1, 0.15) is 46.0 Å². The van der Waals surface area contributed by atoms with Crippen LogP contribution in [-0.2, 0) is 6.42 Å². The van der Waals surface area contributed by atoms with Crippen LogP contribution >= 0.6 is 0 Å². The summed E-state index contributed by atoms with van der Waals surface area (Å²) in [5.41, 5.74) is 2.88. The van der Waals surface area contributed by atoms with E-state index in [1.54, 1.807) is 0 Å². The van der Waals surface area contributed by atoms with E-state index in [0.29, 0.717) is 17.8 Å². The maximum absolute atomic E-state index is 12.6. The summed E-state index contributed by atoms with van der Waals surface area (Å²) in [4.78, 5) is 26.4. The molecule has 0 spiro atoms. The topological polar surface area (TPSA) is 37.4 Å². The summed E-state index contributed by atoms with van der Waals surface area (Å²) in [6, 6.07) is 5.57. The number of fused-ring (bicyclic) bond motifs is 2. The molecule has 1 saturated heterocycles. The summed E-state index contributed by atoms with van der Waals surface area (Å²) in [5, 5.41) is 0. The monoisotopic (exact) mass is 255 g/mol. The van der Waals surface area contributed by atoms with Crippen molar-refractivity contribution in [2.24, 2.45) is 11.3 Å². The Labute approximate surface area is 112 Å². The van der Waals surface area contributed by atoms with Crippen LogP contribution in [0.3, 0.4) is 0 Å². The molecule has 2 unspecified atom stereocenters. The molecule has 2 fully saturated rings. The largest absolute Gasteiger partial charge is 0.338 e. The maximum Gasteiger partial charge on any atom is 0.254 e. The molecule has 1 saturated carbocycles. The first-order valence-electron chi connectivity index (χ1n) is 7.03. The third kappa shape index (κ3) is 1.50. The lowest BCUT2D eigenvalue weighted by molar-refractivity contribution is 0.0765. The molecule has 1 aliphatic heterocycles. The van der Waals surface area contributed by atoms with Gasteiger partial charge in [-0.25, -0.2) is 0 Å². The molecule has 1 aromatic rings. The maximum atomic E-state index is 12.6. The number of Topliss-reactive ketones (excluding diaryl/α,β-unsaturated/α-hetero) is 1. The smallest absolute Gasteiger partial charge is 0.254 e. The molecule has 1 amide bonds. The Morgan fingerprint density at radius 3 is 2.95 bits per heavy atom. The average Bonchev–Trinajstić information content (AvgIpc) is 2.73. The standard InChI is InChI=1S/C16H17NO2/c1-16-7-10(16)8-17(9-16)15(19)13-4-2-3-12-11(13)5-6-14(12)18/h2-4,10H,5-9H2,1H3. The minimum Gasteiger partial charge on any atom is -0.338 e. The summed E-state index contributed by atoms with van der Waals surface area (Å²) in [7, 11) is 0. The van der Waals surface area contributed by atoms with Crippen LogP contribution in [0.15, 0.2) is 18.2 Å². The Hall–Kier alpha value is -1.64. The molecule has 98 valence electrons. The van der Waals surface area contributed by atoms with E-state index < -0.39 is 0 Å². The van der Waals surface area contributed by atoms with Gasteiger partial charge >= 0.3 is 0 Å². The minimum absolute atomic E-state index is 0.125. The van der Waals surface area contributed by atoms with Crippen LogP contribution in [0.2, 0.25) is 0 Å². The lowest BCUT2D eigenvalue weighted by Gasteiger charge is -2.21. The second-order valence-corrected chi connectivity index (χ2v) is 6.50. The number of nitrogens with zero attached hydrogens (tertiary/aromatic N) is 1. The van der Waals surface area contributed by atoms with Crippen LogP contribution in [-0.4, -0.2) is 29.7 Å². The number of carbonyl (C=O) groups excluding carboxylic acids is 2. The van der Waals surface area contributed by atoms with Gasteiger partial charge in [0.05, 0.1) is 0 Å². The highest BCUT2D eigenvalue weighted by Crippen LogP contribution is 2.57. The summed E-state index contributed by atoms with van der Waals surface area (Å²) < 4.78 is 0. The molecule has 0 aromatic heterocycles. The van der Waals surface area contributed by atoms with Crippen molar-refractivity contribution in [3.63, 3.8) is 0 Å². The van der Waals surface area contributed by atoms with Crippen molar-refractivity contribution in [1.82, 2.24) is 4.90 Å². The summed E-state index contributed by atoms with van der Waals surface area (Å²) in [5.74, 6) is 1.01. The normalized spacial score (nSPS) is 31.3. The van der Waals surface area contributed by atoms with Gasteiger partial charge in [-0.3, -0.25) is 9.59 Å². The number of hydrogen-bond donors (Lipinski definition) is 0. The van der Waals surface area contributed by atoms with Crippen LogP contribution in [0, 0.1) is 11.3 Å². The number of likely N-dealkylation sites (tertiary alicyclic amines) is 1. The van der Waals surface area contributed by atoms with Crippen molar-refractivity contribution < 1.29 is 9.59 Å². The van der Waals surface area contributed by atoms with Gasteiger partial charge in [-0.05, 0) is 35.8 Å². The predicted octanol–water partition coefficient (Wildman–Crippen LogP) is 2.30. The fourth-order valence-electron chi connectivity index (χ4n) is 3.77. The Morgan fingerprint density at radius 2 is 2.21 bits per heavy atom. The van der Waals surface area contributed by atoms with Crippen molar-refractivity contribution in [1.29, 1.82) is 0 Å². The number of piperidine rings is 1. The lowest BCUT2D eigenvalue weighted by Crippen LogP contribution is -2.32. The second-order valence-electron chi connectivity index (χ2n) is 6.50. The first-order valence-corrected chi connectivity index (χ1v) is 7.03. The van der Waals surface area contributed by atoms with Crippen LogP contribution in [0.25, 0.3) is 0 Å². The van der Waals surface area contributed by atoms with Crippen molar-refractivity contribution in [2.75, 3.05) is 13.1 Å². The van der Waals surface area contributed by atoms with Crippen LogP contribution < -0.4 is 0 Å². The van der Waals surface area contributed by atoms with Gasteiger partial charge in [-0.15, -0.1) is 0 Å². The molecule has 4 rings (SSSR count). The number of ketones is 1. The number of carbonyl (C=O) groups is 2. The molecule has 3 heteroatoms. The van der Waals surface area contributed by atoms with Crippen molar-refractivity contribution in [3.8, 4) is 0 Å². The number of amides is 1. The highest BCUT2D eigenvalue weighted by atomic mass is 16.2. The highest BCUT2D eigenvalue weighted by Gasteiger charge is 2.57.